The number of hydrogen-bond acceptors (Lipinski definition) is 2. The summed E-state index contributed by atoms with van der Waals surface area (Å²) in [5.74, 6) is 0. The van der Waals surface area contributed by atoms with E-state index in [1.165, 1.54) is 12.8 Å². The Morgan fingerprint density at radius 2 is 1.65 bits per heavy atom. The van der Waals surface area contributed by atoms with Crippen LogP contribution in [0.2, 0.25) is 18.8 Å². The molecule has 0 aromatic heterocycles. The minimum atomic E-state index is -1.76. The molecule has 0 N–H and O–H groups in total. The van der Waals surface area contributed by atoms with Gasteiger partial charge in [0.1, 0.15) is 0 Å². The summed E-state index contributed by atoms with van der Waals surface area (Å²) in [7, 11) is 0. The van der Waals surface area contributed by atoms with E-state index in [1.54, 1.807) is 0 Å². The summed E-state index contributed by atoms with van der Waals surface area (Å²) in [5.41, 5.74) is -0.378. The predicted octanol–water partition coefficient (Wildman–Crippen LogP) is 3.73. The Bertz CT molecular complexity index is 270. The van der Waals surface area contributed by atoms with E-state index in [9.17, 15) is 4.79 Å². The molecule has 0 atom stereocenters. The molecule has 0 bridgehead atoms. The van der Waals surface area contributed by atoms with Crippen molar-refractivity contribution in [3.63, 3.8) is 0 Å². The number of nitrogens with zero attached hydrogens (tertiary/aromatic N) is 1. The van der Waals surface area contributed by atoms with E-state index < -0.39 is 18.4 Å². The van der Waals surface area contributed by atoms with Crippen molar-refractivity contribution >= 4 is 24.5 Å². The van der Waals surface area contributed by atoms with E-state index in [2.05, 4.69) is 14.8 Å². The molecule has 0 aromatic rings. The number of rotatable bonds is 1. The van der Waals surface area contributed by atoms with Crippen LogP contribution in [0, 0.1) is 0 Å². The fourth-order valence-corrected chi connectivity index (χ4v) is 7.93. The van der Waals surface area contributed by atoms with Gasteiger partial charge in [-0.3, -0.25) is 0 Å². The molecule has 0 spiro atoms. The van der Waals surface area contributed by atoms with Crippen LogP contribution in [0.15, 0.2) is 0 Å². The molecule has 1 rings (SSSR count). The molecule has 1 aliphatic rings. The van der Waals surface area contributed by atoms with E-state index in [-0.39, 0.29) is 11.7 Å². The molecule has 0 radical (unpaired) electrons. The predicted molar refractivity (Wildman–Crippen MR) is 74.1 cm³/mol. The summed E-state index contributed by atoms with van der Waals surface area (Å²) >= 11 is -1.76. The van der Waals surface area contributed by atoms with E-state index in [1.807, 2.05) is 25.7 Å². The van der Waals surface area contributed by atoms with Crippen molar-refractivity contribution in [1.29, 1.82) is 0 Å². The van der Waals surface area contributed by atoms with E-state index in [4.69, 9.17) is 4.74 Å². The molecule has 0 aliphatic carbocycles. The molecular formula is C13H27NO2Sn. The van der Waals surface area contributed by atoms with Gasteiger partial charge in [0.25, 0.3) is 0 Å². The van der Waals surface area contributed by atoms with E-state index in [0.717, 1.165) is 17.0 Å². The molecule has 4 heteroatoms. The van der Waals surface area contributed by atoms with Crippen LogP contribution in [0.1, 0.15) is 33.6 Å². The zero-order valence-electron chi connectivity index (χ0n) is 12.2. The van der Waals surface area contributed by atoms with Gasteiger partial charge in [0.05, 0.1) is 0 Å². The van der Waals surface area contributed by atoms with Crippen molar-refractivity contribution < 1.29 is 9.53 Å². The maximum absolute atomic E-state index is 11.9. The van der Waals surface area contributed by atoms with Crippen LogP contribution in [-0.4, -0.2) is 48.1 Å². The monoisotopic (exact) mass is 349 g/mol. The molecule has 1 amide bonds. The quantitative estimate of drug-likeness (QED) is 0.676. The second-order valence-corrected chi connectivity index (χ2v) is 22.9. The van der Waals surface area contributed by atoms with E-state index in [0.29, 0.717) is 0 Å². The van der Waals surface area contributed by atoms with Gasteiger partial charge in [-0.15, -0.1) is 0 Å². The number of carbonyl (C=O) groups is 1. The standard InChI is InChI=1S/C10H18NO2.3CH3.Sn/c1-10(2,3)13-9(12)11-7-5-4-6-8-11;;;;/h4H,5-8H2,1-3H3;3*1H3;. The molecule has 1 aliphatic heterocycles. The average molecular weight is 348 g/mol. The first-order valence-corrected chi connectivity index (χ1v) is 16.8. The SMILES string of the molecule is CC(C)(C)OC(=O)N1CC[CH]([Sn]([CH3])([CH3])[CH3])CC1. The second-order valence-electron chi connectivity index (χ2n) is 7.11. The summed E-state index contributed by atoms with van der Waals surface area (Å²) in [6.07, 6.45) is 2.22. The maximum atomic E-state index is 11.9. The molecule has 0 saturated carbocycles. The van der Waals surface area contributed by atoms with Crippen LogP contribution in [0.3, 0.4) is 0 Å². The Kier molecular flexibility index (Phi) is 4.78. The number of likely N-dealkylation sites (tertiary alicyclic amines) is 1. The van der Waals surface area contributed by atoms with Crippen LogP contribution in [0.4, 0.5) is 4.79 Å². The van der Waals surface area contributed by atoms with Gasteiger partial charge in [0.15, 0.2) is 0 Å². The van der Waals surface area contributed by atoms with Gasteiger partial charge in [-0.25, -0.2) is 0 Å². The van der Waals surface area contributed by atoms with Crippen molar-refractivity contribution in [1.82, 2.24) is 4.90 Å². The Morgan fingerprint density at radius 3 is 2.00 bits per heavy atom. The van der Waals surface area contributed by atoms with Crippen molar-refractivity contribution in [2.75, 3.05) is 13.1 Å². The van der Waals surface area contributed by atoms with Gasteiger partial charge in [0.2, 0.25) is 0 Å². The molecule has 1 fully saturated rings. The molecule has 1 heterocycles. The Balaban J connectivity index is 2.45. The van der Waals surface area contributed by atoms with Crippen LogP contribution in [0.25, 0.3) is 0 Å². The second kappa shape index (κ2) is 5.37. The number of hydrogen-bond donors (Lipinski definition) is 0. The number of ether oxygens (including phenoxy) is 1. The summed E-state index contributed by atoms with van der Waals surface area (Å²) in [5, 5.41) is 0. The zero-order valence-corrected chi connectivity index (χ0v) is 15.0. The van der Waals surface area contributed by atoms with Gasteiger partial charge in [-0.2, -0.15) is 0 Å². The van der Waals surface area contributed by atoms with Gasteiger partial charge in [-0.05, 0) is 0 Å². The van der Waals surface area contributed by atoms with Crippen molar-refractivity contribution in [3.05, 3.63) is 0 Å². The Labute approximate surface area is 110 Å². The molecule has 3 nitrogen and oxygen atoms in total. The fraction of sp³-hybridized carbons (Fsp3) is 0.923. The molecule has 1 saturated heterocycles. The Hall–Kier alpha value is 0.0687. The first-order valence-electron chi connectivity index (χ1n) is 6.57. The van der Waals surface area contributed by atoms with Crippen molar-refractivity contribution in [3.8, 4) is 0 Å². The number of amides is 1. The van der Waals surface area contributed by atoms with E-state index >= 15 is 0 Å². The number of carbonyl (C=O) groups excluding carboxylic acids is 1. The summed E-state index contributed by atoms with van der Waals surface area (Å²) in [4.78, 5) is 21.2. The van der Waals surface area contributed by atoms with Crippen LogP contribution in [-0.2, 0) is 4.74 Å². The zero-order chi connectivity index (χ0) is 13.3. The molecule has 0 aromatic carbocycles. The average Bonchev–Trinajstić information content (AvgIpc) is 2.14. The molecular weight excluding hydrogens is 321 g/mol. The topological polar surface area (TPSA) is 29.5 Å². The number of piperidine rings is 1. The first-order chi connectivity index (χ1) is 7.59. The third kappa shape index (κ3) is 5.06. The van der Waals surface area contributed by atoms with Crippen LogP contribution < -0.4 is 0 Å². The minimum absolute atomic E-state index is 0.139. The normalized spacial score (nSPS) is 19.3. The summed E-state index contributed by atoms with van der Waals surface area (Å²) < 4.78 is 6.32. The van der Waals surface area contributed by atoms with Crippen molar-refractivity contribution in [2.24, 2.45) is 0 Å². The summed E-state index contributed by atoms with van der Waals surface area (Å²) in [6.45, 7) is 7.53. The van der Waals surface area contributed by atoms with Crippen molar-refractivity contribution in [2.45, 2.75) is 58.0 Å². The summed E-state index contributed by atoms with van der Waals surface area (Å²) in [6, 6.07) is 0. The first kappa shape index (κ1) is 15.1. The Morgan fingerprint density at radius 1 is 1.18 bits per heavy atom. The van der Waals surface area contributed by atoms with Crippen LogP contribution in [0.5, 0.6) is 0 Å². The van der Waals surface area contributed by atoms with Gasteiger partial charge in [0, 0.05) is 0 Å². The van der Waals surface area contributed by atoms with Gasteiger partial charge in [-0.1, -0.05) is 0 Å². The third-order valence-electron chi connectivity index (χ3n) is 3.37. The van der Waals surface area contributed by atoms with Crippen LogP contribution >= 0.6 is 0 Å². The molecule has 17 heavy (non-hydrogen) atoms. The van der Waals surface area contributed by atoms with Gasteiger partial charge >= 0.3 is 110 Å². The third-order valence-corrected chi connectivity index (χ3v) is 12.0. The van der Waals surface area contributed by atoms with Gasteiger partial charge < -0.3 is 0 Å². The molecule has 100 valence electrons. The molecule has 0 unspecified atom stereocenters. The fourth-order valence-electron chi connectivity index (χ4n) is 2.25.